The highest BCUT2D eigenvalue weighted by Gasteiger charge is 2.29. The molecule has 2 atom stereocenters. The molecule has 0 bridgehead atoms. The monoisotopic (exact) mass is 577 g/mol. The summed E-state index contributed by atoms with van der Waals surface area (Å²) < 4.78 is 28.6. The Morgan fingerprint density at radius 2 is 1.33 bits per heavy atom. The molecule has 2 unspecified atom stereocenters. The van der Waals surface area contributed by atoms with Crippen LogP contribution in [-0.4, -0.2) is 81.0 Å². The van der Waals surface area contributed by atoms with Crippen LogP contribution in [0.25, 0.3) is 0 Å². The van der Waals surface area contributed by atoms with E-state index in [0.717, 1.165) is 25.7 Å². The number of carbonyl (C=O) groups excluding carboxylic acids is 1. The van der Waals surface area contributed by atoms with Crippen LogP contribution in [0, 0.1) is 5.92 Å². The summed E-state index contributed by atoms with van der Waals surface area (Å²) >= 11 is 0. The van der Waals surface area contributed by atoms with Crippen LogP contribution in [0.15, 0.2) is 0 Å². The number of likely N-dealkylation sites (N-methyl/N-ethyl adjacent to an activating group) is 1. The molecule has 0 aromatic carbocycles. The third-order valence-corrected chi connectivity index (χ3v) is 8.47. The molecule has 1 aliphatic rings. The molecule has 0 spiro atoms. The van der Waals surface area contributed by atoms with Gasteiger partial charge in [0.2, 0.25) is 0 Å². The molecule has 1 aliphatic heterocycles. The molecular weight excluding hydrogens is 515 g/mol. The van der Waals surface area contributed by atoms with Crippen LogP contribution in [0.3, 0.4) is 0 Å². The predicted molar refractivity (Wildman–Crippen MR) is 160 cm³/mol. The fourth-order valence-electron chi connectivity index (χ4n) is 4.93. The van der Waals surface area contributed by atoms with Crippen molar-refractivity contribution in [2.24, 2.45) is 5.92 Å². The summed E-state index contributed by atoms with van der Waals surface area (Å²) in [6.45, 7) is 4.73. The predicted octanol–water partition coefficient (Wildman–Crippen LogP) is 7.94. The fraction of sp³-hybridized carbons (Fsp3) is 0.967. The number of likely N-dealkylation sites (tertiary alicyclic amines) is 1. The molecule has 1 saturated heterocycles. The van der Waals surface area contributed by atoms with Crippen LogP contribution in [0.2, 0.25) is 0 Å². The molecule has 0 aromatic heterocycles. The Bertz CT molecular complexity index is 658. The molecule has 0 saturated carbocycles. The van der Waals surface area contributed by atoms with Crippen LogP contribution in [-0.2, 0) is 18.3 Å². The van der Waals surface area contributed by atoms with Crippen molar-refractivity contribution in [1.82, 2.24) is 4.90 Å². The van der Waals surface area contributed by atoms with E-state index in [1.54, 1.807) is 4.90 Å². The number of rotatable bonds is 24. The first kappa shape index (κ1) is 36.4. The Balaban J connectivity index is 1.99. The van der Waals surface area contributed by atoms with Gasteiger partial charge in [-0.1, -0.05) is 103 Å². The van der Waals surface area contributed by atoms with Gasteiger partial charge in [-0.15, -0.1) is 0 Å². The van der Waals surface area contributed by atoms with Gasteiger partial charge in [0.15, 0.2) is 0 Å². The van der Waals surface area contributed by atoms with Gasteiger partial charge in [-0.25, -0.2) is 9.36 Å². The highest BCUT2D eigenvalue weighted by Crippen LogP contribution is 2.43. The minimum atomic E-state index is -4.08. The first-order valence-corrected chi connectivity index (χ1v) is 17.5. The maximum absolute atomic E-state index is 12.5. The summed E-state index contributed by atoms with van der Waals surface area (Å²) in [7, 11) is 1.88. The van der Waals surface area contributed by atoms with Crippen LogP contribution in [0.4, 0.5) is 4.79 Å². The molecule has 39 heavy (non-hydrogen) atoms. The molecule has 0 radical (unpaired) electrons. The Morgan fingerprint density at radius 3 is 1.85 bits per heavy atom. The second-order valence-corrected chi connectivity index (χ2v) is 13.9. The molecule has 0 aromatic rings. The molecule has 1 rings (SSSR count). The van der Waals surface area contributed by atoms with E-state index in [0.29, 0.717) is 30.7 Å². The van der Waals surface area contributed by atoms with Crippen molar-refractivity contribution in [3.05, 3.63) is 0 Å². The van der Waals surface area contributed by atoms with Crippen molar-refractivity contribution in [2.75, 3.05) is 60.6 Å². The summed E-state index contributed by atoms with van der Waals surface area (Å²) in [6.07, 6.45) is 22.5. The van der Waals surface area contributed by atoms with Crippen molar-refractivity contribution in [2.45, 2.75) is 122 Å². The van der Waals surface area contributed by atoms with Gasteiger partial charge in [0, 0.05) is 19.0 Å². The molecule has 8 nitrogen and oxygen atoms in total. The van der Waals surface area contributed by atoms with Crippen molar-refractivity contribution in [1.29, 1.82) is 0 Å². The number of quaternary nitrogens is 1. The van der Waals surface area contributed by atoms with E-state index in [1.807, 2.05) is 21.1 Å². The Hall–Kier alpha value is -0.660. The van der Waals surface area contributed by atoms with Crippen LogP contribution >= 0.6 is 7.82 Å². The van der Waals surface area contributed by atoms with Gasteiger partial charge in [0.25, 0.3) is 0 Å². The number of hydrogen-bond donors (Lipinski definition) is 1. The second kappa shape index (κ2) is 22.0. The average molecular weight is 578 g/mol. The van der Waals surface area contributed by atoms with E-state index in [1.165, 1.54) is 89.9 Å². The van der Waals surface area contributed by atoms with Gasteiger partial charge in [-0.3, -0.25) is 9.05 Å². The number of nitrogens with zero attached hydrogens (tertiary/aromatic N) is 2. The van der Waals surface area contributed by atoms with Crippen molar-refractivity contribution in [3.8, 4) is 0 Å². The number of phosphoric acid groups is 1. The van der Waals surface area contributed by atoms with Gasteiger partial charge in [-0.05, 0) is 19.3 Å². The standard InChI is InChI=1S/C30H61N2O6P/c1-5-6-7-8-9-10-11-12-13-14-15-16-17-18-19-20-25-36-30(33)31-23-21-22-29(27-31)28-38-39(34,35)37-26-24-32(2,3)4/h29H,5-28H2,1-4H3/p+1. The zero-order valence-corrected chi connectivity index (χ0v) is 26.8. The maximum Gasteiger partial charge on any atom is 0.472 e. The molecular formula is C30H62N2O6P+. The fourth-order valence-corrected chi connectivity index (χ4v) is 5.72. The topological polar surface area (TPSA) is 85.3 Å². The molecule has 1 amide bonds. The van der Waals surface area contributed by atoms with E-state index in [4.69, 9.17) is 13.8 Å². The number of carbonyl (C=O) groups is 1. The van der Waals surface area contributed by atoms with Crippen LogP contribution in [0.1, 0.15) is 122 Å². The average Bonchev–Trinajstić information content (AvgIpc) is 2.88. The third kappa shape index (κ3) is 21.7. The van der Waals surface area contributed by atoms with Gasteiger partial charge >= 0.3 is 13.9 Å². The summed E-state index contributed by atoms with van der Waals surface area (Å²) in [5, 5.41) is 0. The Kier molecular flexibility index (Phi) is 20.5. The lowest BCUT2D eigenvalue weighted by Crippen LogP contribution is -2.41. The minimum Gasteiger partial charge on any atom is -0.449 e. The number of ether oxygens (including phenoxy) is 1. The van der Waals surface area contributed by atoms with Crippen molar-refractivity contribution in [3.63, 3.8) is 0 Å². The molecule has 1 heterocycles. The van der Waals surface area contributed by atoms with E-state index in [9.17, 15) is 14.3 Å². The zero-order valence-electron chi connectivity index (χ0n) is 25.9. The van der Waals surface area contributed by atoms with Crippen LogP contribution < -0.4 is 0 Å². The third-order valence-electron chi connectivity index (χ3n) is 7.49. The summed E-state index contributed by atoms with van der Waals surface area (Å²) in [5.74, 6) is 0.00400. The van der Waals surface area contributed by atoms with Crippen molar-refractivity contribution >= 4 is 13.9 Å². The smallest absolute Gasteiger partial charge is 0.449 e. The summed E-state index contributed by atoms with van der Waals surface area (Å²) in [6, 6.07) is 0. The van der Waals surface area contributed by atoms with E-state index < -0.39 is 7.82 Å². The second-order valence-electron chi connectivity index (χ2n) is 12.5. The molecule has 1 N–H and O–H groups in total. The number of unbranched alkanes of at least 4 members (excludes halogenated alkanes) is 15. The number of piperidine rings is 1. The van der Waals surface area contributed by atoms with Gasteiger partial charge in [0.05, 0.1) is 34.4 Å². The van der Waals surface area contributed by atoms with Crippen LogP contribution in [0.5, 0.6) is 0 Å². The minimum absolute atomic E-state index is 0.00400. The molecule has 9 heteroatoms. The molecule has 0 aliphatic carbocycles. The SMILES string of the molecule is CCCCCCCCCCCCCCCCCCOC(=O)N1CCCC(COP(=O)(O)OCC[N+](C)(C)C)C1. The first-order chi connectivity index (χ1) is 18.6. The summed E-state index contributed by atoms with van der Waals surface area (Å²) in [4.78, 5) is 24.1. The van der Waals surface area contributed by atoms with E-state index >= 15 is 0 Å². The zero-order chi connectivity index (χ0) is 28.8. The van der Waals surface area contributed by atoms with Gasteiger partial charge < -0.3 is 19.0 Å². The summed E-state index contributed by atoms with van der Waals surface area (Å²) in [5.41, 5.74) is 0. The largest absolute Gasteiger partial charge is 0.472 e. The number of amides is 1. The van der Waals surface area contributed by atoms with E-state index in [-0.39, 0.29) is 25.2 Å². The molecule has 1 fully saturated rings. The lowest BCUT2D eigenvalue weighted by atomic mass is 10.00. The first-order valence-electron chi connectivity index (χ1n) is 16.0. The highest BCUT2D eigenvalue weighted by molar-refractivity contribution is 7.47. The molecule has 232 valence electrons. The highest BCUT2D eigenvalue weighted by atomic mass is 31.2. The van der Waals surface area contributed by atoms with Gasteiger partial charge in [-0.2, -0.15) is 0 Å². The number of hydrogen-bond acceptors (Lipinski definition) is 5. The Morgan fingerprint density at radius 1 is 0.821 bits per heavy atom. The normalized spacial score (nSPS) is 17.8. The maximum atomic E-state index is 12.5. The van der Waals surface area contributed by atoms with E-state index in [2.05, 4.69) is 6.92 Å². The van der Waals surface area contributed by atoms with Gasteiger partial charge in [0.1, 0.15) is 13.2 Å². The lowest BCUT2D eigenvalue weighted by Gasteiger charge is -2.32. The Labute approximate surface area is 240 Å². The number of phosphoric ester groups is 1. The lowest BCUT2D eigenvalue weighted by molar-refractivity contribution is -0.870. The quantitative estimate of drug-likeness (QED) is 0.0712. The van der Waals surface area contributed by atoms with Crippen molar-refractivity contribution < 1.29 is 32.5 Å².